The van der Waals surface area contributed by atoms with Gasteiger partial charge in [0.2, 0.25) is 0 Å². The van der Waals surface area contributed by atoms with E-state index in [4.69, 9.17) is 13.3 Å². The normalized spacial score (nSPS) is 13.9. The van der Waals surface area contributed by atoms with Crippen LogP contribution in [0.5, 0.6) is 0 Å². The summed E-state index contributed by atoms with van der Waals surface area (Å²) in [5, 5.41) is 9.27. The zero-order valence-electron chi connectivity index (χ0n) is 9.86. The minimum atomic E-state index is -2.79. The van der Waals surface area contributed by atoms with Crippen molar-refractivity contribution in [2.24, 2.45) is 0 Å². The van der Waals surface area contributed by atoms with Crippen molar-refractivity contribution in [1.82, 2.24) is 0 Å². The molecule has 0 aromatic heterocycles. The number of aliphatic hydroxyl groups is 1. The molecular formula is C10H22O4Si. The van der Waals surface area contributed by atoms with Gasteiger partial charge in [0.15, 0.2) is 0 Å². The van der Waals surface area contributed by atoms with Crippen molar-refractivity contribution in [3.63, 3.8) is 0 Å². The summed E-state index contributed by atoms with van der Waals surface area (Å²) < 4.78 is 16.9. The number of aliphatic hydroxyl groups excluding tert-OH is 1. The fraction of sp³-hybridized carbons (Fsp3) is 0.800. The summed E-state index contributed by atoms with van der Waals surface area (Å²) in [6, 6.07) is 0. The van der Waals surface area contributed by atoms with Gasteiger partial charge >= 0.3 is 8.80 Å². The first-order valence-electron chi connectivity index (χ1n) is 5.35. The summed E-state index contributed by atoms with van der Waals surface area (Å²) in [6.45, 7) is 10.8. The lowest BCUT2D eigenvalue weighted by Gasteiger charge is -2.32. The SMILES string of the molecule is C=CC(CO)[Si](OCC)(OCC)OCC. The second-order valence-corrected chi connectivity index (χ2v) is 5.74. The fourth-order valence-corrected chi connectivity index (χ4v) is 3.99. The Morgan fingerprint density at radius 1 is 1.13 bits per heavy atom. The highest BCUT2D eigenvalue weighted by atomic mass is 28.4. The van der Waals surface area contributed by atoms with E-state index in [0.717, 1.165) is 0 Å². The van der Waals surface area contributed by atoms with Gasteiger partial charge in [-0.2, -0.15) is 0 Å². The molecule has 0 bridgehead atoms. The number of rotatable bonds is 9. The van der Waals surface area contributed by atoms with E-state index in [-0.39, 0.29) is 12.1 Å². The molecule has 1 atom stereocenters. The molecule has 0 heterocycles. The molecule has 0 fully saturated rings. The average Bonchev–Trinajstić information content (AvgIpc) is 2.20. The summed E-state index contributed by atoms with van der Waals surface area (Å²) in [7, 11) is -2.79. The maximum atomic E-state index is 9.27. The lowest BCUT2D eigenvalue weighted by atomic mass is 10.4. The van der Waals surface area contributed by atoms with E-state index in [1.807, 2.05) is 20.8 Å². The van der Waals surface area contributed by atoms with Crippen LogP contribution >= 0.6 is 0 Å². The standard InChI is InChI=1S/C10H22O4Si/c1-5-10(9-11)15(12-6-2,13-7-3)14-8-4/h5,10-11H,1,6-9H2,2-4H3. The second-order valence-electron chi connectivity index (χ2n) is 2.93. The number of hydrogen-bond donors (Lipinski definition) is 1. The van der Waals surface area contributed by atoms with E-state index < -0.39 is 8.80 Å². The summed E-state index contributed by atoms with van der Waals surface area (Å²) in [5.74, 6) is 0. The Morgan fingerprint density at radius 2 is 1.53 bits per heavy atom. The van der Waals surface area contributed by atoms with E-state index >= 15 is 0 Å². The van der Waals surface area contributed by atoms with E-state index in [2.05, 4.69) is 6.58 Å². The smallest absolute Gasteiger partial charge is 0.396 e. The Morgan fingerprint density at radius 3 is 1.73 bits per heavy atom. The molecule has 0 saturated heterocycles. The molecule has 0 saturated carbocycles. The molecule has 0 aliphatic carbocycles. The van der Waals surface area contributed by atoms with Gasteiger partial charge in [0, 0.05) is 19.8 Å². The highest BCUT2D eigenvalue weighted by Crippen LogP contribution is 2.26. The summed E-state index contributed by atoms with van der Waals surface area (Å²) in [5.41, 5.74) is -0.252. The average molecular weight is 234 g/mol. The topological polar surface area (TPSA) is 47.9 Å². The molecule has 0 spiro atoms. The highest BCUT2D eigenvalue weighted by Gasteiger charge is 2.47. The third-order valence-electron chi connectivity index (χ3n) is 1.97. The lowest BCUT2D eigenvalue weighted by Crippen LogP contribution is -2.51. The molecular weight excluding hydrogens is 212 g/mol. The first kappa shape index (κ1) is 14.8. The third-order valence-corrected chi connectivity index (χ3v) is 5.37. The second kappa shape index (κ2) is 8.01. The zero-order chi connectivity index (χ0) is 11.7. The van der Waals surface area contributed by atoms with Gasteiger partial charge in [0.1, 0.15) is 0 Å². The fourth-order valence-electron chi connectivity index (χ4n) is 1.38. The first-order chi connectivity index (χ1) is 7.20. The van der Waals surface area contributed by atoms with Crippen molar-refractivity contribution in [1.29, 1.82) is 0 Å². The minimum Gasteiger partial charge on any atom is -0.396 e. The molecule has 0 aromatic rings. The van der Waals surface area contributed by atoms with Gasteiger partial charge in [-0.05, 0) is 20.8 Å². The minimum absolute atomic E-state index is 0.0598. The molecule has 1 unspecified atom stereocenters. The van der Waals surface area contributed by atoms with E-state index in [0.29, 0.717) is 19.8 Å². The van der Waals surface area contributed by atoms with E-state index in [1.165, 1.54) is 0 Å². The Hall–Kier alpha value is -0.203. The quantitative estimate of drug-likeness (QED) is 0.486. The molecule has 4 nitrogen and oxygen atoms in total. The number of hydrogen-bond acceptors (Lipinski definition) is 4. The maximum Gasteiger partial charge on any atom is 0.510 e. The van der Waals surface area contributed by atoms with Crippen LogP contribution in [0.15, 0.2) is 12.7 Å². The summed E-state index contributed by atoms with van der Waals surface area (Å²) in [6.07, 6.45) is 1.65. The molecule has 0 amide bonds. The van der Waals surface area contributed by atoms with E-state index in [1.54, 1.807) is 6.08 Å². The van der Waals surface area contributed by atoms with Crippen molar-refractivity contribution in [2.45, 2.75) is 26.3 Å². The summed E-state index contributed by atoms with van der Waals surface area (Å²) >= 11 is 0. The van der Waals surface area contributed by atoms with Crippen LogP contribution in [0.3, 0.4) is 0 Å². The van der Waals surface area contributed by atoms with Crippen LogP contribution in [0.4, 0.5) is 0 Å². The van der Waals surface area contributed by atoms with Crippen molar-refractivity contribution >= 4 is 8.80 Å². The Bertz CT molecular complexity index is 158. The highest BCUT2D eigenvalue weighted by molar-refractivity contribution is 6.63. The van der Waals surface area contributed by atoms with Gasteiger partial charge < -0.3 is 18.4 Å². The van der Waals surface area contributed by atoms with E-state index in [9.17, 15) is 5.11 Å². The van der Waals surface area contributed by atoms with Crippen LogP contribution in [0.2, 0.25) is 5.54 Å². The van der Waals surface area contributed by atoms with Crippen LogP contribution in [0.25, 0.3) is 0 Å². The summed E-state index contributed by atoms with van der Waals surface area (Å²) in [4.78, 5) is 0. The van der Waals surface area contributed by atoms with Crippen molar-refractivity contribution in [3.05, 3.63) is 12.7 Å². The molecule has 15 heavy (non-hydrogen) atoms. The predicted octanol–water partition coefficient (Wildman–Crippen LogP) is 1.58. The van der Waals surface area contributed by atoms with Crippen LogP contribution in [0.1, 0.15) is 20.8 Å². The van der Waals surface area contributed by atoms with Crippen LogP contribution < -0.4 is 0 Å². The van der Waals surface area contributed by atoms with Gasteiger partial charge in [-0.3, -0.25) is 0 Å². The van der Waals surface area contributed by atoms with Crippen LogP contribution in [-0.2, 0) is 13.3 Å². The Kier molecular flexibility index (Phi) is 7.90. The van der Waals surface area contributed by atoms with Gasteiger partial charge in [-0.1, -0.05) is 6.08 Å². The van der Waals surface area contributed by atoms with Gasteiger partial charge in [0.05, 0.1) is 12.1 Å². The molecule has 0 aliphatic rings. The van der Waals surface area contributed by atoms with Crippen molar-refractivity contribution in [2.75, 3.05) is 26.4 Å². The predicted molar refractivity (Wildman–Crippen MR) is 61.7 cm³/mol. The molecule has 0 aromatic carbocycles. The zero-order valence-corrected chi connectivity index (χ0v) is 10.9. The monoisotopic (exact) mass is 234 g/mol. The van der Waals surface area contributed by atoms with Crippen molar-refractivity contribution < 1.29 is 18.4 Å². The van der Waals surface area contributed by atoms with Crippen molar-refractivity contribution in [3.8, 4) is 0 Å². The molecule has 0 rings (SSSR count). The first-order valence-corrected chi connectivity index (χ1v) is 7.16. The molecule has 0 radical (unpaired) electrons. The largest absolute Gasteiger partial charge is 0.510 e. The lowest BCUT2D eigenvalue weighted by molar-refractivity contribution is 0.0586. The Labute approximate surface area is 93.2 Å². The van der Waals surface area contributed by atoms with Gasteiger partial charge in [0.25, 0.3) is 0 Å². The third kappa shape index (κ3) is 4.04. The van der Waals surface area contributed by atoms with Gasteiger partial charge in [-0.25, -0.2) is 0 Å². The van der Waals surface area contributed by atoms with Gasteiger partial charge in [-0.15, -0.1) is 6.58 Å². The maximum absolute atomic E-state index is 9.27. The molecule has 1 N–H and O–H groups in total. The molecule has 5 heteroatoms. The molecule has 90 valence electrons. The Balaban J connectivity index is 4.79. The molecule has 0 aliphatic heterocycles. The van der Waals surface area contributed by atoms with Crippen LogP contribution in [-0.4, -0.2) is 40.3 Å². The van der Waals surface area contributed by atoms with Crippen LogP contribution in [0, 0.1) is 0 Å².